The first-order chi connectivity index (χ1) is 3.80. The Balaban J connectivity index is 2.29. The summed E-state index contributed by atoms with van der Waals surface area (Å²) in [7, 11) is -0.360. The second-order valence-corrected chi connectivity index (χ2v) is 4.30. The molecule has 2 atom stereocenters. The zero-order valence-corrected chi connectivity index (χ0v) is 5.14. The molecule has 2 aliphatic heterocycles. The first kappa shape index (κ1) is 4.57. The van der Waals surface area contributed by atoms with Crippen LogP contribution in [0.25, 0.3) is 5.53 Å². The normalized spacial score (nSPS) is 42.5. The first-order valence-corrected chi connectivity index (χ1v) is 4.13. The number of fused-ring (bicyclic) bond motifs is 1. The van der Waals surface area contributed by atoms with Gasteiger partial charge >= 0.3 is 0 Å². The summed E-state index contributed by atoms with van der Waals surface area (Å²) in [5, 5.41) is 0. The van der Waals surface area contributed by atoms with Crippen LogP contribution in [0, 0.1) is 0 Å². The molecule has 0 aromatic rings. The predicted molar refractivity (Wildman–Crippen MR) is 28.8 cm³/mol. The van der Waals surface area contributed by atoms with Gasteiger partial charge in [-0.2, -0.15) is 0 Å². The number of Topliss-reactive ketones (excluding diaryl/α,β-unsaturated/α-hetero) is 1. The van der Waals surface area contributed by atoms with Crippen LogP contribution in [-0.2, 0) is 4.79 Å². The Morgan fingerprint density at radius 1 is 1.88 bits per heavy atom. The summed E-state index contributed by atoms with van der Waals surface area (Å²) in [6.07, 6.45) is 1.63. The lowest BCUT2D eigenvalue weighted by atomic mass is 10.3. The molecule has 4 heteroatoms. The average molecular weight is 128 g/mol. The van der Waals surface area contributed by atoms with Gasteiger partial charge < -0.3 is 5.53 Å². The van der Waals surface area contributed by atoms with Crippen molar-refractivity contribution in [2.24, 2.45) is 0 Å². The third-order valence-corrected chi connectivity index (χ3v) is 3.86. The highest BCUT2D eigenvalue weighted by Crippen LogP contribution is 2.65. The molecule has 2 aliphatic rings. The van der Waals surface area contributed by atoms with Crippen molar-refractivity contribution in [2.75, 3.05) is 6.16 Å². The van der Waals surface area contributed by atoms with Gasteiger partial charge in [-0.25, -0.2) is 0 Å². The highest BCUT2D eigenvalue weighted by atomic mass is 31.1. The standard InChI is InChI=1S/C4H5N2OP/c5-6-4-3(7)1-2-8(4)6/h4H,1-2H2. The van der Waals surface area contributed by atoms with E-state index in [4.69, 9.17) is 5.53 Å². The molecule has 0 spiro atoms. The molecule has 42 valence electrons. The fraction of sp³-hybridized carbons (Fsp3) is 0.750. The van der Waals surface area contributed by atoms with Gasteiger partial charge in [0.15, 0.2) is 0 Å². The lowest BCUT2D eigenvalue weighted by molar-refractivity contribution is -0.306. The van der Waals surface area contributed by atoms with Crippen LogP contribution in [0.2, 0.25) is 0 Å². The third-order valence-electron chi connectivity index (χ3n) is 1.59. The predicted octanol–water partition coefficient (Wildman–Crippen LogP) is 0.730. The van der Waals surface area contributed by atoms with Crippen LogP contribution >= 0.6 is 8.07 Å². The maximum Gasteiger partial charge on any atom is 0.280 e. The molecule has 3 nitrogen and oxygen atoms in total. The summed E-state index contributed by atoms with van der Waals surface area (Å²) < 4.78 is 1.21. The minimum Gasteiger partial charge on any atom is -0.504 e. The summed E-state index contributed by atoms with van der Waals surface area (Å²) in [5.41, 5.74) is 8.76. The van der Waals surface area contributed by atoms with Crippen LogP contribution in [0.3, 0.4) is 0 Å². The van der Waals surface area contributed by atoms with E-state index in [1.54, 1.807) is 0 Å². The highest BCUT2D eigenvalue weighted by molar-refractivity contribution is 7.59. The third kappa shape index (κ3) is 0.360. The molecule has 8 heavy (non-hydrogen) atoms. The van der Waals surface area contributed by atoms with Crippen molar-refractivity contribution in [1.82, 2.24) is 0 Å². The molecular weight excluding hydrogens is 123 g/mol. The molecule has 0 aliphatic carbocycles. The van der Waals surface area contributed by atoms with Crippen molar-refractivity contribution >= 4 is 13.9 Å². The second kappa shape index (κ2) is 1.16. The van der Waals surface area contributed by atoms with Gasteiger partial charge in [-0.15, -0.1) is 0 Å². The quantitative estimate of drug-likeness (QED) is 0.350. The number of carbonyl (C=O) groups is 1. The van der Waals surface area contributed by atoms with E-state index in [-0.39, 0.29) is 19.6 Å². The Hall–Kier alpha value is -0.300. The minimum absolute atomic E-state index is 0.0370. The lowest BCUT2D eigenvalue weighted by Gasteiger charge is -1.83. The van der Waals surface area contributed by atoms with Gasteiger partial charge in [0.25, 0.3) is 5.78 Å². The number of carbonyl (C=O) groups excluding carboxylic acids is 1. The summed E-state index contributed by atoms with van der Waals surface area (Å²) in [5.74, 6) is 0.198. The number of hydrogen-bond acceptors (Lipinski definition) is 1. The molecule has 2 rings (SSSR count). The molecule has 0 radical (unpaired) electrons. The molecule has 0 N–H and O–H groups in total. The molecule has 2 fully saturated rings. The van der Waals surface area contributed by atoms with Crippen molar-refractivity contribution in [3.8, 4) is 0 Å². The van der Waals surface area contributed by atoms with Gasteiger partial charge in [0.05, 0.1) is 0 Å². The SMILES string of the molecule is [N-]=[N+]1C2C(=O)CCP21. The maximum atomic E-state index is 10.6. The van der Waals surface area contributed by atoms with E-state index >= 15 is 0 Å². The molecule has 0 bridgehead atoms. The summed E-state index contributed by atoms with van der Waals surface area (Å²) in [6.45, 7) is 0. The monoisotopic (exact) mass is 128 g/mol. The fourth-order valence-corrected chi connectivity index (χ4v) is 3.17. The van der Waals surface area contributed by atoms with E-state index in [1.807, 2.05) is 0 Å². The number of rotatable bonds is 0. The lowest BCUT2D eigenvalue weighted by Crippen LogP contribution is -2.03. The zero-order chi connectivity index (χ0) is 5.72. The Labute approximate surface area is 48.0 Å². The molecule has 0 aromatic heterocycles. The Morgan fingerprint density at radius 3 is 2.88 bits per heavy atom. The van der Waals surface area contributed by atoms with Gasteiger partial charge in [-0.3, -0.25) is 9.26 Å². The van der Waals surface area contributed by atoms with E-state index in [0.717, 1.165) is 6.16 Å². The van der Waals surface area contributed by atoms with Crippen molar-refractivity contribution < 1.29 is 9.26 Å². The van der Waals surface area contributed by atoms with Crippen molar-refractivity contribution in [2.45, 2.75) is 12.2 Å². The van der Waals surface area contributed by atoms with E-state index in [0.29, 0.717) is 6.42 Å². The number of hydrogen-bond donors (Lipinski definition) is 0. The van der Waals surface area contributed by atoms with Gasteiger partial charge in [-0.05, 0) is 0 Å². The summed E-state index contributed by atoms with van der Waals surface area (Å²) in [4.78, 5) is 10.6. The van der Waals surface area contributed by atoms with Gasteiger partial charge in [-0.1, -0.05) is 0 Å². The van der Waals surface area contributed by atoms with Crippen LogP contribution in [0.1, 0.15) is 6.42 Å². The molecule has 2 unspecified atom stereocenters. The molecule has 0 aromatic carbocycles. The van der Waals surface area contributed by atoms with Crippen LogP contribution < -0.4 is 0 Å². The zero-order valence-electron chi connectivity index (χ0n) is 4.24. The Bertz CT molecular complexity index is 179. The van der Waals surface area contributed by atoms with Gasteiger partial charge in [0.2, 0.25) is 13.9 Å². The summed E-state index contributed by atoms with van der Waals surface area (Å²) in [6, 6.07) is 0. The van der Waals surface area contributed by atoms with Crippen LogP contribution in [0.4, 0.5) is 0 Å². The van der Waals surface area contributed by atoms with Crippen molar-refractivity contribution in [3.05, 3.63) is 5.53 Å². The molecule has 2 heterocycles. The fourth-order valence-electron chi connectivity index (χ4n) is 1.07. The summed E-state index contributed by atoms with van der Waals surface area (Å²) >= 11 is 0. The topological polar surface area (TPSA) is 42.4 Å². The van der Waals surface area contributed by atoms with Crippen molar-refractivity contribution in [1.29, 1.82) is 0 Å². The second-order valence-electron chi connectivity index (χ2n) is 2.07. The van der Waals surface area contributed by atoms with Gasteiger partial charge in [0.1, 0.15) is 0 Å². The Kier molecular flexibility index (Phi) is 0.662. The largest absolute Gasteiger partial charge is 0.504 e. The van der Waals surface area contributed by atoms with Crippen LogP contribution in [-0.4, -0.2) is 22.2 Å². The number of nitrogens with zero attached hydrogens (tertiary/aromatic N) is 2. The molecule has 0 saturated carbocycles. The van der Waals surface area contributed by atoms with Crippen LogP contribution in [0.5, 0.6) is 0 Å². The Morgan fingerprint density at radius 2 is 2.62 bits per heavy atom. The van der Waals surface area contributed by atoms with E-state index in [2.05, 4.69) is 0 Å². The van der Waals surface area contributed by atoms with E-state index in [9.17, 15) is 4.79 Å². The molecule has 2 saturated heterocycles. The van der Waals surface area contributed by atoms with Crippen LogP contribution in [0.15, 0.2) is 0 Å². The molecule has 0 amide bonds. The average Bonchev–Trinajstić information content (AvgIpc) is 2.13. The first-order valence-electron chi connectivity index (χ1n) is 2.58. The minimum atomic E-state index is -0.360. The highest BCUT2D eigenvalue weighted by Gasteiger charge is 2.62. The van der Waals surface area contributed by atoms with E-state index in [1.165, 1.54) is 4.47 Å². The van der Waals surface area contributed by atoms with Crippen molar-refractivity contribution in [3.63, 3.8) is 0 Å². The van der Waals surface area contributed by atoms with E-state index < -0.39 is 0 Å². The molecular formula is C4H5N2OP. The maximum absolute atomic E-state index is 10.6. The van der Waals surface area contributed by atoms with Gasteiger partial charge in [0, 0.05) is 12.6 Å². The smallest absolute Gasteiger partial charge is 0.280 e. The number of ketones is 1.